The van der Waals surface area contributed by atoms with E-state index in [4.69, 9.17) is 0 Å². The summed E-state index contributed by atoms with van der Waals surface area (Å²) in [7, 11) is 0. The Bertz CT molecular complexity index is 859. The van der Waals surface area contributed by atoms with Gasteiger partial charge in [0.15, 0.2) is 5.82 Å². The largest absolute Gasteiger partial charge is 0.338 e. The molecule has 0 unspecified atom stereocenters. The van der Waals surface area contributed by atoms with Crippen LogP contribution in [-0.4, -0.2) is 33.5 Å². The van der Waals surface area contributed by atoms with Gasteiger partial charge in [-0.25, -0.2) is 9.78 Å². The Morgan fingerprint density at radius 3 is 2.80 bits per heavy atom. The molecule has 2 amide bonds. The molecular weight excluding hydrogens is 316 g/mol. The van der Waals surface area contributed by atoms with Crippen molar-refractivity contribution >= 4 is 17.5 Å². The van der Waals surface area contributed by atoms with Gasteiger partial charge in [-0.2, -0.15) is 0 Å². The van der Waals surface area contributed by atoms with E-state index in [2.05, 4.69) is 38.9 Å². The van der Waals surface area contributed by atoms with E-state index in [9.17, 15) is 4.79 Å². The summed E-state index contributed by atoms with van der Waals surface area (Å²) in [5.41, 5.74) is 3.92. The summed E-state index contributed by atoms with van der Waals surface area (Å²) in [4.78, 5) is 20.5. The van der Waals surface area contributed by atoms with E-state index in [0.717, 1.165) is 29.0 Å². The minimum Gasteiger partial charge on any atom is -0.338 e. The highest BCUT2D eigenvalue weighted by atomic mass is 16.2. The first kappa shape index (κ1) is 16.9. The average molecular weight is 338 g/mol. The van der Waals surface area contributed by atoms with E-state index >= 15 is 0 Å². The summed E-state index contributed by atoms with van der Waals surface area (Å²) in [6.45, 7) is 6.08. The van der Waals surface area contributed by atoms with Crippen LogP contribution in [0.3, 0.4) is 0 Å². The molecule has 3 rings (SSSR count). The predicted molar refractivity (Wildman–Crippen MR) is 98.5 cm³/mol. The normalized spacial score (nSPS) is 10.8. The van der Waals surface area contributed by atoms with Crippen LogP contribution in [0.15, 0.2) is 42.9 Å². The van der Waals surface area contributed by atoms with Gasteiger partial charge in [-0.1, -0.05) is 13.0 Å². The summed E-state index contributed by atoms with van der Waals surface area (Å²) in [5.74, 6) is 0.520. The SMILES string of the molecule is CCNCc1cc(-c2cccnc2)cc2nc(NC(=O)NCC)cn12. The molecule has 0 aliphatic carbocycles. The fourth-order valence-electron chi connectivity index (χ4n) is 2.63. The van der Waals surface area contributed by atoms with Crippen molar-refractivity contribution in [2.45, 2.75) is 20.4 Å². The van der Waals surface area contributed by atoms with Gasteiger partial charge < -0.3 is 15.0 Å². The third-order valence-corrected chi connectivity index (χ3v) is 3.78. The number of imidazole rings is 1. The van der Waals surface area contributed by atoms with Crippen LogP contribution in [0.1, 0.15) is 19.5 Å². The van der Waals surface area contributed by atoms with Crippen molar-refractivity contribution < 1.29 is 4.79 Å². The van der Waals surface area contributed by atoms with Crippen LogP contribution in [0.2, 0.25) is 0 Å². The number of aromatic nitrogens is 3. The Hall–Kier alpha value is -2.93. The lowest BCUT2D eigenvalue weighted by molar-refractivity contribution is 0.252. The fourth-order valence-corrected chi connectivity index (χ4v) is 2.63. The quantitative estimate of drug-likeness (QED) is 0.645. The molecule has 0 spiro atoms. The van der Waals surface area contributed by atoms with Crippen LogP contribution in [0, 0.1) is 0 Å². The van der Waals surface area contributed by atoms with E-state index in [0.29, 0.717) is 18.9 Å². The molecule has 0 bridgehead atoms. The Labute approximate surface area is 146 Å². The molecule has 0 aliphatic heterocycles. The van der Waals surface area contributed by atoms with Crippen molar-refractivity contribution in [1.82, 2.24) is 25.0 Å². The van der Waals surface area contributed by atoms with Gasteiger partial charge in [0.2, 0.25) is 0 Å². The number of fused-ring (bicyclic) bond motifs is 1. The highest BCUT2D eigenvalue weighted by molar-refractivity contribution is 5.88. The van der Waals surface area contributed by atoms with Crippen LogP contribution in [0.25, 0.3) is 16.8 Å². The maximum atomic E-state index is 11.7. The molecule has 0 atom stereocenters. The van der Waals surface area contributed by atoms with Crippen molar-refractivity contribution in [3.63, 3.8) is 0 Å². The van der Waals surface area contributed by atoms with Gasteiger partial charge in [-0.15, -0.1) is 0 Å². The lowest BCUT2D eigenvalue weighted by atomic mass is 10.1. The van der Waals surface area contributed by atoms with E-state index < -0.39 is 0 Å². The van der Waals surface area contributed by atoms with Crippen LogP contribution in [0.4, 0.5) is 10.6 Å². The van der Waals surface area contributed by atoms with Gasteiger partial charge in [-0.05, 0) is 37.2 Å². The number of carbonyl (C=O) groups is 1. The second-order valence-electron chi connectivity index (χ2n) is 5.60. The van der Waals surface area contributed by atoms with Crippen molar-refractivity contribution in [3.8, 4) is 11.1 Å². The molecule has 3 N–H and O–H groups in total. The monoisotopic (exact) mass is 338 g/mol. The summed E-state index contributed by atoms with van der Waals surface area (Å²) < 4.78 is 1.99. The molecule has 130 valence electrons. The van der Waals surface area contributed by atoms with E-state index in [-0.39, 0.29) is 6.03 Å². The molecule has 7 heteroatoms. The molecule has 25 heavy (non-hydrogen) atoms. The first-order valence-electron chi connectivity index (χ1n) is 8.39. The summed E-state index contributed by atoms with van der Waals surface area (Å²) in [6.07, 6.45) is 5.43. The van der Waals surface area contributed by atoms with Crippen molar-refractivity contribution in [2.75, 3.05) is 18.4 Å². The first-order valence-corrected chi connectivity index (χ1v) is 8.39. The highest BCUT2D eigenvalue weighted by Crippen LogP contribution is 2.23. The Morgan fingerprint density at radius 2 is 2.08 bits per heavy atom. The van der Waals surface area contributed by atoms with Crippen LogP contribution in [-0.2, 0) is 6.54 Å². The number of anilines is 1. The molecule has 3 heterocycles. The number of amides is 2. The summed E-state index contributed by atoms with van der Waals surface area (Å²) in [6, 6.07) is 7.79. The van der Waals surface area contributed by atoms with Crippen LogP contribution in [0.5, 0.6) is 0 Å². The molecule has 0 saturated heterocycles. The number of rotatable bonds is 6. The molecule has 0 aliphatic rings. The summed E-state index contributed by atoms with van der Waals surface area (Å²) in [5, 5.41) is 8.81. The third-order valence-electron chi connectivity index (χ3n) is 3.78. The Balaban J connectivity index is 2.01. The molecule has 0 aromatic carbocycles. The Kier molecular flexibility index (Phi) is 5.25. The van der Waals surface area contributed by atoms with Gasteiger partial charge in [-0.3, -0.25) is 10.3 Å². The average Bonchev–Trinajstić information content (AvgIpc) is 3.02. The zero-order valence-corrected chi connectivity index (χ0v) is 14.4. The Morgan fingerprint density at radius 1 is 1.20 bits per heavy atom. The van der Waals surface area contributed by atoms with Crippen LogP contribution >= 0.6 is 0 Å². The van der Waals surface area contributed by atoms with E-state index in [1.165, 1.54) is 0 Å². The molecule has 0 fully saturated rings. The second-order valence-corrected chi connectivity index (χ2v) is 5.60. The fraction of sp³-hybridized carbons (Fsp3) is 0.278. The van der Waals surface area contributed by atoms with Gasteiger partial charge in [0.1, 0.15) is 5.65 Å². The summed E-state index contributed by atoms with van der Waals surface area (Å²) >= 11 is 0. The number of hydrogen-bond acceptors (Lipinski definition) is 4. The van der Waals surface area contributed by atoms with E-state index in [1.54, 1.807) is 6.20 Å². The van der Waals surface area contributed by atoms with Gasteiger partial charge >= 0.3 is 6.03 Å². The van der Waals surface area contributed by atoms with Gasteiger partial charge in [0.25, 0.3) is 0 Å². The molecule has 7 nitrogen and oxygen atoms in total. The number of nitrogens with one attached hydrogen (secondary N) is 3. The molecule has 0 radical (unpaired) electrons. The lowest BCUT2D eigenvalue weighted by Gasteiger charge is -2.09. The third kappa shape index (κ3) is 3.95. The van der Waals surface area contributed by atoms with Crippen LogP contribution < -0.4 is 16.0 Å². The van der Waals surface area contributed by atoms with E-state index in [1.807, 2.05) is 41.9 Å². The lowest BCUT2D eigenvalue weighted by Crippen LogP contribution is -2.28. The second kappa shape index (κ2) is 7.76. The minimum atomic E-state index is -0.258. The predicted octanol–water partition coefficient (Wildman–Crippen LogP) is 2.65. The molecule has 3 aromatic rings. The van der Waals surface area contributed by atoms with Crippen molar-refractivity contribution in [1.29, 1.82) is 0 Å². The number of urea groups is 1. The van der Waals surface area contributed by atoms with Crippen molar-refractivity contribution in [2.24, 2.45) is 0 Å². The van der Waals surface area contributed by atoms with Gasteiger partial charge in [0, 0.05) is 36.7 Å². The smallest absolute Gasteiger partial charge is 0.320 e. The number of nitrogens with zero attached hydrogens (tertiary/aromatic N) is 3. The zero-order valence-electron chi connectivity index (χ0n) is 14.4. The maximum Gasteiger partial charge on any atom is 0.320 e. The molecule has 0 saturated carbocycles. The highest BCUT2D eigenvalue weighted by Gasteiger charge is 2.11. The van der Waals surface area contributed by atoms with Crippen molar-refractivity contribution in [3.05, 3.63) is 48.5 Å². The number of carbonyl (C=O) groups excluding carboxylic acids is 1. The minimum absolute atomic E-state index is 0.258. The number of hydrogen-bond donors (Lipinski definition) is 3. The first-order chi connectivity index (χ1) is 12.2. The zero-order chi connectivity index (χ0) is 17.6. The maximum absolute atomic E-state index is 11.7. The topological polar surface area (TPSA) is 83.3 Å². The molecule has 3 aromatic heterocycles. The standard InChI is InChI=1S/C18H22N6O/c1-3-19-11-15-8-14(13-6-5-7-20-10-13)9-17-22-16(12-24(15)17)23-18(25)21-4-2/h5-10,12,19H,3-4,11H2,1-2H3,(H2,21,23,25). The molecular formula is C18H22N6O. The van der Waals surface area contributed by atoms with Gasteiger partial charge in [0.05, 0.1) is 6.20 Å². The number of pyridine rings is 2.